The van der Waals surface area contributed by atoms with Gasteiger partial charge in [0.2, 0.25) is 11.8 Å². The van der Waals surface area contributed by atoms with Crippen LogP contribution >= 0.6 is 0 Å². The van der Waals surface area contributed by atoms with Crippen LogP contribution in [0.25, 0.3) is 0 Å². The number of nitrogens with zero attached hydrogens (tertiary/aromatic N) is 2. The standard InChI is InChI=1S/C44H48N4O8/c1-30(49)45-26-25-44(23-9-10-24-44)43(54)46-37(42(52)53)27-31-15-19-34(20-16-31)47-40(33-11-5-3-6-12-33)48(39(50)29-56-36-13-7-4-8-14-36)38(41(47)51)28-32-17-21-35(55-2)22-18-32/h3-8,11-22,37-38,40H,9-10,23-29H2,1-2H3,(H,45,49)(H,46,54)(H,52,53)/t37?,38-,40?/m1/s1. The van der Waals surface area contributed by atoms with Crippen LogP contribution < -0.4 is 25.0 Å². The minimum Gasteiger partial charge on any atom is -0.497 e. The number of benzene rings is 4. The van der Waals surface area contributed by atoms with Crippen molar-refractivity contribution in [2.24, 2.45) is 5.41 Å². The fraction of sp³-hybridized carbons (Fsp3) is 0.341. The van der Waals surface area contributed by atoms with E-state index in [9.17, 15) is 29.1 Å². The lowest BCUT2D eigenvalue weighted by Gasteiger charge is -2.32. The van der Waals surface area contributed by atoms with Crippen LogP contribution in [0.5, 0.6) is 11.5 Å². The Morgan fingerprint density at radius 2 is 1.46 bits per heavy atom. The van der Waals surface area contributed by atoms with Crippen molar-refractivity contribution in [2.75, 3.05) is 25.2 Å². The molecule has 1 saturated heterocycles. The van der Waals surface area contributed by atoms with Crippen LogP contribution in [0.1, 0.15) is 61.9 Å². The number of nitrogens with one attached hydrogen (secondary N) is 2. The molecule has 4 aromatic rings. The largest absolute Gasteiger partial charge is 0.497 e. The average molecular weight is 761 g/mol. The number of hydrogen-bond donors (Lipinski definition) is 3. The topological polar surface area (TPSA) is 155 Å². The normalized spacial score (nSPS) is 17.9. The van der Waals surface area contributed by atoms with E-state index < -0.39 is 29.6 Å². The van der Waals surface area contributed by atoms with E-state index in [1.54, 1.807) is 53.3 Å². The van der Waals surface area contributed by atoms with Crippen LogP contribution in [-0.2, 0) is 36.8 Å². The minimum atomic E-state index is -1.19. The van der Waals surface area contributed by atoms with Crippen molar-refractivity contribution in [3.63, 3.8) is 0 Å². The minimum absolute atomic E-state index is 0.0146. The summed E-state index contributed by atoms with van der Waals surface area (Å²) in [5.74, 6) is -1.12. The number of carbonyl (C=O) groups is 5. The summed E-state index contributed by atoms with van der Waals surface area (Å²) in [7, 11) is 1.58. The molecule has 0 aromatic heterocycles. The summed E-state index contributed by atoms with van der Waals surface area (Å²) in [6.07, 6.45) is 2.85. The Labute approximate surface area is 326 Å². The summed E-state index contributed by atoms with van der Waals surface area (Å²) in [6, 6.07) is 30.7. The Bertz CT molecular complexity index is 1980. The lowest BCUT2D eigenvalue weighted by Crippen LogP contribution is -2.49. The van der Waals surface area contributed by atoms with E-state index in [2.05, 4.69) is 10.6 Å². The molecule has 12 nitrogen and oxygen atoms in total. The third-order valence-electron chi connectivity index (χ3n) is 10.7. The summed E-state index contributed by atoms with van der Waals surface area (Å²) >= 11 is 0. The number of anilines is 1. The van der Waals surface area contributed by atoms with Gasteiger partial charge in [-0.1, -0.05) is 85.6 Å². The Morgan fingerprint density at radius 3 is 2.07 bits per heavy atom. The number of ether oxygens (including phenoxy) is 2. The number of methoxy groups -OCH3 is 1. The van der Waals surface area contributed by atoms with Crippen molar-refractivity contribution in [3.05, 3.63) is 126 Å². The molecule has 0 bridgehead atoms. The second-order valence-electron chi connectivity index (χ2n) is 14.4. The fourth-order valence-corrected chi connectivity index (χ4v) is 7.78. The SMILES string of the molecule is COc1ccc(C[C@@H]2C(=O)N(c3ccc(CC(NC(=O)C4(CCNC(C)=O)CCCC4)C(=O)O)cc3)C(c3ccccc3)N2C(=O)COc2ccccc2)cc1. The molecule has 3 N–H and O–H groups in total. The Balaban J connectivity index is 1.27. The molecule has 2 fully saturated rings. The Kier molecular flexibility index (Phi) is 12.7. The molecule has 1 heterocycles. The molecular formula is C44H48N4O8. The van der Waals surface area contributed by atoms with Crippen LogP contribution in [0.2, 0.25) is 0 Å². The monoisotopic (exact) mass is 760 g/mol. The zero-order chi connectivity index (χ0) is 39.7. The van der Waals surface area contributed by atoms with Crippen molar-refractivity contribution in [3.8, 4) is 11.5 Å². The van der Waals surface area contributed by atoms with E-state index in [1.165, 1.54) is 6.92 Å². The molecule has 1 aliphatic heterocycles. The highest BCUT2D eigenvalue weighted by Gasteiger charge is 2.50. The first-order valence-corrected chi connectivity index (χ1v) is 19.0. The first kappa shape index (κ1) is 39.5. The highest BCUT2D eigenvalue weighted by Crippen LogP contribution is 2.42. The molecule has 4 amide bonds. The summed E-state index contributed by atoms with van der Waals surface area (Å²) in [4.78, 5) is 69.7. The molecule has 6 rings (SSSR count). The number of aliphatic carboxylic acids is 1. The van der Waals surface area contributed by atoms with Gasteiger partial charge >= 0.3 is 5.97 Å². The number of carbonyl (C=O) groups excluding carboxylic acids is 4. The first-order valence-electron chi connectivity index (χ1n) is 19.0. The molecule has 3 atom stereocenters. The Hall–Kier alpha value is -6.17. The molecule has 0 spiro atoms. The first-order chi connectivity index (χ1) is 27.1. The number of amides is 4. The molecule has 0 radical (unpaired) electrons. The van der Waals surface area contributed by atoms with Gasteiger partial charge in [-0.05, 0) is 72.4 Å². The van der Waals surface area contributed by atoms with E-state index in [-0.39, 0.29) is 43.1 Å². The van der Waals surface area contributed by atoms with Gasteiger partial charge in [0.1, 0.15) is 29.7 Å². The lowest BCUT2D eigenvalue weighted by molar-refractivity contribution is -0.144. The number of hydrogen-bond acceptors (Lipinski definition) is 7. The van der Waals surface area contributed by atoms with Gasteiger partial charge in [-0.15, -0.1) is 0 Å². The van der Waals surface area contributed by atoms with Gasteiger partial charge in [-0.25, -0.2) is 4.79 Å². The third kappa shape index (κ3) is 9.19. The summed E-state index contributed by atoms with van der Waals surface area (Å²) in [5.41, 5.74) is 1.99. The molecule has 1 aliphatic carbocycles. The number of para-hydroxylation sites is 1. The van der Waals surface area contributed by atoms with Crippen molar-refractivity contribution in [1.82, 2.24) is 15.5 Å². The summed E-state index contributed by atoms with van der Waals surface area (Å²) in [5, 5.41) is 15.7. The van der Waals surface area contributed by atoms with Crippen molar-refractivity contribution >= 4 is 35.3 Å². The molecular weight excluding hydrogens is 713 g/mol. The number of carboxylic acid groups (broad SMARTS) is 1. The van der Waals surface area contributed by atoms with Crippen LogP contribution in [0, 0.1) is 5.41 Å². The summed E-state index contributed by atoms with van der Waals surface area (Å²) in [6.45, 7) is 1.47. The van der Waals surface area contributed by atoms with Gasteiger partial charge in [0, 0.05) is 32.0 Å². The van der Waals surface area contributed by atoms with Gasteiger partial charge in [0.05, 0.1) is 12.5 Å². The predicted molar refractivity (Wildman–Crippen MR) is 210 cm³/mol. The maximum absolute atomic E-state index is 14.7. The van der Waals surface area contributed by atoms with Crippen LogP contribution in [0.3, 0.4) is 0 Å². The maximum Gasteiger partial charge on any atom is 0.326 e. The molecule has 4 aromatic carbocycles. The quantitative estimate of drug-likeness (QED) is 0.136. The van der Waals surface area contributed by atoms with Crippen molar-refractivity contribution < 1.29 is 38.6 Å². The van der Waals surface area contributed by atoms with E-state index in [1.807, 2.05) is 72.8 Å². The molecule has 292 valence electrons. The van der Waals surface area contributed by atoms with Gasteiger partial charge in [-0.3, -0.25) is 24.1 Å². The fourth-order valence-electron chi connectivity index (χ4n) is 7.78. The highest BCUT2D eigenvalue weighted by molar-refractivity contribution is 6.04. The molecule has 2 unspecified atom stereocenters. The van der Waals surface area contributed by atoms with Gasteiger partial charge in [0.15, 0.2) is 6.61 Å². The summed E-state index contributed by atoms with van der Waals surface area (Å²) < 4.78 is 11.2. The van der Waals surface area contributed by atoms with Gasteiger partial charge in [-0.2, -0.15) is 0 Å². The predicted octanol–water partition coefficient (Wildman–Crippen LogP) is 5.46. The molecule has 1 saturated carbocycles. The van der Waals surface area contributed by atoms with E-state index in [4.69, 9.17) is 9.47 Å². The number of carboxylic acids is 1. The van der Waals surface area contributed by atoms with Gasteiger partial charge < -0.3 is 30.1 Å². The smallest absolute Gasteiger partial charge is 0.326 e. The van der Waals surface area contributed by atoms with E-state index in [0.717, 1.165) is 24.0 Å². The van der Waals surface area contributed by atoms with Crippen LogP contribution in [0.15, 0.2) is 109 Å². The van der Waals surface area contributed by atoms with Crippen molar-refractivity contribution in [2.45, 2.75) is 70.1 Å². The average Bonchev–Trinajstić information content (AvgIpc) is 3.81. The molecule has 56 heavy (non-hydrogen) atoms. The van der Waals surface area contributed by atoms with E-state index >= 15 is 0 Å². The van der Waals surface area contributed by atoms with Crippen molar-refractivity contribution in [1.29, 1.82) is 0 Å². The highest BCUT2D eigenvalue weighted by atomic mass is 16.5. The second kappa shape index (κ2) is 18.0. The molecule has 2 aliphatic rings. The number of rotatable bonds is 16. The second-order valence-corrected chi connectivity index (χ2v) is 14.4. The lowest BCUT2D eigenvalue weighted by atomic mass is 9.81. The third-order valence-corrected chi connectivity index (χ3v) is 10.7. The van der Waals surface area contributed by atoms with E-state index in [0.29, 0.717) is 48.6 Å². The zero-order valence-electron chi connectivity index (χ0n) is 31.7. The van der Waals surface area contributed by atoms with Gasteiger partial charge in [0.25, 0.3) is 11.8 Å². The maximum atomic E-state index is 14.7. The van der Waals surface area contributed by atoms with Crippen LogP contribution in [-0.4, -0.2) is 71.9 Å². The Morgan fingerprint density at radius 1 is 0.839 bits per heavy atom. The zero-order valence-corrected chi connectivity index (χ0v) is 31.7. The molecule has 12 heteroatoms. The van der Waals surface area contributed by atoms with Crippen LogP contribution in [0.4, 0.5) is 5.69 Å².